The molecule has 0 aromatic carbocycles. The van der Waals surface area contributed by atoms with Gasteiger partial charge in [0.15, 0.2) is 5.82 Å². The number of hydrogen-bond donors (Lipinski definition) is 2. The molecule has 17 heavy (non-hydrogen) atoms. The number of H-pyrrole nitrogens is 1. The maximum atomic E-state index is 6.03. The lowest BCUT2D eigenvalue weighted by Gasteiger charge is -2.24. The number of tetrazole rings is 1. The van der Waals surface area contributed by atoms with Crippen molar-refractivity contribution in [1.82, 2.24) is 20.6 Å². The summed E-state index contributed by atoms with van der Waals surface area (Å²) in [5.74, 6) is 0.848. The van der Waals surface area contributed by atoms with E-state index in [4.69, 9.17) is 5.73 Å². The van der Waals surface area contributed by atoms with Crippen molar-refractivity contribution in [3.05, 3.63) is 5.82 Å². The smallest absolute Gasteiger partial charge is 0.182 e. The topological polar surface area (TPSA) is 80.5 Å². The Labute approximate surface area is 102 Å². The lowest BCUT2D eigenvalue weighted by atomic mass is 9.81. The zero-order chi connectivity index (χ0) is 11.8. The summed E-state index contributed by atoms with van der Waals surface area (Å²) in [4.78, 5) is 0. The van der Waals surface area contributed by atoms with Gasteiger partial charge in [0.05, 0.1) is 5.41 Å². The van der Waals surface area contributed by atoms with E-state index in [2.05, 4.69) is 20.6 Å². The van der Waals surface area contributed by atoms with Gasteiger partial charge in [0.1, 0.15) is 0 Å². The third-order valence-corrected chi connectivity index (χ3v) is 4.96. The highest BCUT2D eigenvalue weighted by Crippen LogP contribution is 2.68. The first-order chi connectivity index (χ1) is 8.33. The lowest BCUT2D eigenvalue weighted by molar-refractivity contribution is 0.306. The predicted molar refractivity (Wildman–Crippen MR) is 64.3 cm³/mol. The van der Waals surface area contributed by atoms with E-state index in [1.807, 2.05) is 0 Å². The van der Waals surface area contributed by atoms with Gasteiger partial charge < -0.3 is 5.73 Å². The fraction of sp³-hybridized carbons (Fsp3) is 0.917. The van der Waals surface area contributed by atoms with Crippen LogP contribution in [0.5, 0.6) is 0 Å². The van der Waals surface area contributed by atoms with E-state index >= 15 is 0 Å². The van der Waals surface area contributed by atoms with E-state index in [9.17, 15) is 0 Å². The molecule has 94 valence electrons. The Hall–Kier alpha value is -0.970. The summed E-state index contributed by atoms with van der Waals surface area (Å²) < 4.78 is 0. The fourth-order valence-corrected chi connectivity index (χ4v) is 3.83. The van der Waals surface area contributed by atoms with Crippen molar-refractivity contribution in [2.45, 2.75) is 56.8 Å². The Morgan fingerprint density at radius 3 is 2.41 bits per heavy atom. The van der Waals surface area contributed by atoms with Crippen LogP contribution in [0.4, 0.5) is 0 Å². The summed E-state index contributed by atoms with van der Waals surface area (Å²) >= 11 is 0. The molecule has 3 N–H and O–H groups in total. The third kappa shape index (κ3) is 1.59. The van der Waals surface area contributed by atoms with Crippen LogP contribution in [0.15, 0.2) is 0 Å². The molecule has 1 unspecified atom stereocenters. The normalized spacial score (nSPS) is 32.1. The maximum absolute atomic E-state index is 6.03. The standard InChI is InChI=1S/C12H21N5/c13-9-12(10-14-16-17-15-10)8-11(12)6-4-2-1-3-5-7-11/h1-9,13H2,(H,14,15,16,17). The number of nitrogens with two attached hydrogens (primary N) is 1. The van der Waals surface area contributed by atoms with Crippen molar-refractivity contribution in [3.63, 3.8) is 0 Å². The number of nitrogens with one attached hydrogen (secondary N) is 1. The van der Waals surface area contributed by atoms with Crippen molar-refractivity contribution in [1.29, 1.82) is 0 Å². The summed E-state index contributed by atoms with van der Waals surface area (Å²) in [6, 6.07) is 0. The minimum absolute atomic E-state index is 0.0251. The molecule has 1 spiro atoms. The van der Waals surface area contributed by atoms with Gasteiger partial charge in [0.2, 0.25) is 0 Å². The minimum atomic E-state index is 0.0251. The summed E-state index contributed by atoms with van der Waals surface area (Å²) in [6.07, 6.45) is 10.5. The Morgan fingerprint density at radius 2 is 1.82 bits per heavy atom. The van der Waals surface area contributed by atoms with Crippen LogP contribution in [0.1, 0.15) is 57.2 Å². The number of hydrogen-bond acceptors (Lipinski definition) is 4. The quantitative estimate of drug-likeness (QED) is 0.814. The molecule has 0 bridgehead atoms. The molecular formula is C12H21N5. The maximum Gasteiger partial charge on any atom is 0.182 e. The van der Waals surface area contributed by atoms with E-state index in [1.54, 1.807) is 0 Å². The van der Waals surface area contributed by atoms with Crippen molar-refractivity contribution in [3.8, 4) is 0 Å². The Kier molecular flexibility index (Phi) is 2.65. The first-order valence-corrected chi connectivity index (χ1v) is 6.77. The first kappa shape index (κ1) is 11.1. The molecule has 1 aromatic rings. The SMILES string of the molecule is NCC1(c2nn[nH]n2)CC12CCCCCCC2. The van der Waals surface area contributed by atoms with E-state index in [-0.39, 0.29) is 5.41 Å². The Balaban J connectivity index is 1.84. The van der Waals surface area contributed by atoms with Gasteiger partial charge in [-0.1, -0.05) is 37.3 Å². The third-order valence-electron chi connectivity index (χ3n) is 4.96. The summed E-state index contributed by atoms with van der Waals surface area (Å²) in [5.41, 5.74) is 6.44. The van der Waals surface area contributed by atoms with Gasteiger partial charge in [-0.05, 0) is 24.7 Å². The predicted octanol–water partition coefficient (Wildman–Crippen LogP) is 1.53. The number of rotatable bonds is 2. The van der Waals surface area contributed by atoms with Crippen LogP contribution in [-0.2, 0) is 5.41 Å². The van der Waals surface area contributed by atoms with Gasteiger partial charge in [-0.2, -0.15) is 5.21 Å². The highest BCUT2D eigenvalue weighted by atomic mass is 15.5. The van der Waals surface area contributed by atoms with E-state index in [0.717, 1.165) is 12.2 Å². The molecule has 0 amide bonds. The molecule has 2 aliphatic rings. The van der Waals surface area contributed by atoms with Gasteiger partial charge >= 0.3 is 0 Å². The molecule has 2 saturated carbocycles. The van der Waals surface area contributed by atoms with Gasteiger partial charge in [0.25, 0.3) is 0 Å². The molecule has 5 nitrogen and oxygen atoms in total. The van der Waals surface area contributed by atoms with Crippen molar-refractivity contribution >= 4 is 0 Å². The number of aromatic nitrogens is 4. The molecule has 5 heteroatoms. The highest BCUT2D eigenvalue weighted by Gasteiger charge is 2.68. The van der Waals surface area contributed by atoms with Gasteiger partial charge in [0, 0.05) is 6.54 Å². The molecule has 2 aliphatic carbocycles. The minimum Gasteiger partial charge on any atom is -0.329 e. The highest BCUT2D eigenvalue weighted by molar-refractivity contribution is 5.29. The summed E-state index contributed by atoms with van der Waals surface area (Å²) in [5, 5.41) is 14.7. The summed E-state index contributed by atoms with van der Waals surface area (Å²) in [6.45, 7) is 0.659. The first-order valence-electron chi connectivity index (χ1n) is 6.77. The zero-order valence-electron chi connectivity index (χ0n) is 10.3. The largest absolute Gasteiger partial charge is 0.329 e. The lowest BCUT2D eigenvalue weighted by Crippen LogP contribution is -2.29. The Bertz CT molecular complexity index is 366. The number of aromatic amines is 1. The van der Waals surface area contributed by atoms with Crippen molar-refractivity contribution in [2.75, 3.05) is 6.54 Å². The van der Waals surface area contributed by atoms with Crippen LogP contribution in [0.25, 0.3) is 0 Å². The summed E-state index contributed by atoms with van der Waals surface area (Å²) in [7, 11) is 0. The molecule has 1 atom stereocenters. The molecule has 0 saturated heterocycles. The fourth-order valence-electron chi connectivity index (χ4n) is 3.83. The molecule has 1 heterocycles. The molecular weight excluding hydrogens is 214 g/mol. The number of nitrogens with zero attached hydrogens (tertiary/aromatic N) is 3. The second-order valence-electron chi connectivity index (χ2n) is 5.75. The molecule has 0 radical (unpaired) electrons. The molecule has 3 rings (SSSR count). The van der Waals surface area contributed by atoms with Crippen LogP contribution in [-0.4, -0.2) is 27.2 Å². The van der Waals surface area contributed by atoms with Crippen LogP contribution in [0.3, 0.4) is 0 Å². The van der Waals surface area contributed by atoms with Crippen LogP contribution in [0.2, 0.25) is 0 Å². The average Bonchev–Trinajstić information content (AvgIpc) is 2.70. The average molecular weight is 235 g/mol. The second-order valence-corrected chi connectivity index (χ2v) is 5.75. The van der Waals surface area contributed by atoms with Gasteiger partial charge in [-0.15, -0.1) is 10.2 Å². The van der Waals surface area contributed by atoms with Gasteiger partial charge in [-0.3, -0.25) is 0 Å². The monoisotopic (exact) mass is 235 g/mol. The molecule has 0 aliphatic heterocycles. The van der Waals surface area contributed by atoms with E-state index in [1.165, 1.54) is 44.9 Å². The Morgan fingerprint density at radius 1 is 1.12 bits per heavy atom. The van der Waals surface area contributed by atoms with E-state index < -0.39 is 0 Å². The molecule has 1 aromatic heterocycles. The van der Waals surface area contributed by atoms with Crippen LogP contribution >= 0.6 is 0 Å². The van der Waals surface area contributed by atoms with Gasteiger partial charge in [-0.25, -0.2) is 0 Å². The van der Waals surface area contributed by atoms with Crippen molar-refractivity contribution < 1.29 is 0 Å². The van der Waals surface area contributed by atoms with E-state index in [0.29, 0.717) is 12.0 Å². The second kappa shape index (κ2) is 4.05. The molecule has 2 fully saturated rings. The zero-order valence-corrected chi connectivity index (χ0v) is 10.3. The van der Waals surface area contributed by atoms with Crippen molar-refractivity contribution in [2.24, 2.45) is 11.1 Å². The van der Waals surface area contributed by atoms with Crippen LogP contribution < -0.4 is 5.73 Å². The van der Waals surface area contributed by atoms with Crippen LogP contribution in [0, 0.1) is 5.41 Å².